The van der Waals surface area contributed by atoms with Gasteiger partial charge in [0.25, 0.3) is 0 Å². The maximum Gasteiger partial charge on any atom is 0.112 e. The molecule has 6 nitrogen and oxygen atoms in total. The number of nitriles is 1. The molecule has 2 aliphatic rings. The van der Waals surface area contributed by atoms with Gasteiger partial charge in [0.15, 0.2) is 0 Å². The van der Waals surface area contributed by atoms with E-state index in [1.165, 1.54) is 0 Å². The summed E-state index contributed by atoms with van der Waals surface area (Å²) in [5, 5.41) is 16.5. The van der Waals surface area contributed by atoms with E-state index >= 15 is 0 Å². The van der Waals surface area contributed by atoms with Gasteiger partial charge >= 0.3 is 0 Å². The van der Waals surface area contributed by atoms with Crippen molar-refractivity contribution in [2.24, 2.45) is 10.5 Å². The summed E-state index contributed by atoms with van der Waals surface area (Å²) in [5.74, 6) is 0. The summed E-state index contributed by atoms with van der Waals surface area (Å²) in [7, 11) is 0. The average Bonchev–Trinajstić information content (AvgIpc) is 2.75. The van der Waals surface area contributed by atoms with Crippen LogP contribution in [-0.4, -0.2) is 31.8 Å². The van der Waals surface area contributed by atoms with Crippen molar-refractivity contribution in [3.8, 4) is 6.07 Å². The summed E-state index contributed by atoms with van der Waals surface area (Å²) >= 11 is 0. The highest BCUT2D eigenvalue weighted by Crippen LogP contribution is 2.52. The second-order valence-corrected chi connectivity index (χ2v) is 5.14. The third-order valence-electron chi connectivity index (χ3n) is 4.46. The van der Waals surface area contributed by atoms with Gasteiger partial charge in [0.2, 0.25) is 0 Å². The van der Waals surface area contributed by atoms with Crippen LogP contribution < -0.4 is 5.32 Å². The zero-order chi connectivity index (χ0) is 12.9. The fraction of sp³-hybridized carbons (Fsp3) is 0.917. The third-order valence-corrected chi connectivity index (χ3v) is 4.46. The van der Waals surface area contributed by atoms with Crippen molar-refractivity contribution in [1.29, 1.82) is 5.26 Å². The Morgan fingerprint density at radius 2 is 2.11 bits per heavy atom. The maximum absolute atomic E-state index is 9.63. The number of rotatable bonds is 4. The number of nitrogens with zero attached hydrogens (tertiary/aromatic N) is 4. The molecule has 1 heterocycles. The van der Waals surface area contributed by atoms with Crippen LogP contribution in [0.5, 0.6) is 0 Å². The van der Waals surface area contributed by atoms with Gasteiger partial charge in [0, 0.05) is 36.6 Å². The van der Waals surface area contributed by atoms with Crippen molar-refractivity contribution in [1.82, 2.24) is 5.32 Å². The third kappa shape index (κ3) is 2.17. The van der Waals surface area contributed by atoms with Gasteiger partial charge in [0.05, 0.1) is 6.07 Å². The van der Waals surface area contributed by atoms with Crippen LogP contribution in [0.25, 0.3) is 10.4 Å². The van der Waals surface area contributed by atoms with E-state index in [1.807, 2.05) is 0 Å². The molecule has 2 rings (SSSR count). The molecule has 1 N–H and O–H groups in total. The molecule has 1 aliphatic carbocycles. The summed E-state index contributed by atoms with van der Waals surface area (Å²) in [6, 6.07) is 2.51. The van der Waals surface area contributed by atoms with Crippen molar-refractivity contribution in [2.75, 3.05) is 26.3 Å². The molecule has 0 bridgehead atoms. The lowest BCUT2D eigenvalue weighted by molar-refractivity contribution is -0.0115. The average molecular weight is 249 g/mol. The molecule has 0 aromatic heterocycles. The largest absolute Gasteiger partial charge is 0.381 e. The molecule has 1 unspecified atom stereocenters. The SMILES string of the molecule is N#CC1(NCCN=[N+]=[N-])CCCC12CCOCC2. The zero-order valence-corrected chi connectivity index (χ0v) is 10.6. The summed E-state index contributed by atoms with van der Waals surface area (Å²) in [4.78, 5) is 2.73. The molecule has 0 aromatic carbocycles. The molecule has 2 fully saturated rings. The van der Waals surface area contributed by atoms with Crippen LogP contribution in [0.15, 0.2) is 5.11 Å². The Labute approximate surface area is 107 Å². The summed E-state index contributed by atoms with van der Waals surface area (Å²) < 4.78 is 5.43. The lowest BCUT2D eigenvalue weighted by Crippen LogP contribution is -2.56. The van der Waals surface area contributed by atoms with Crippen molar-refractivity contribution < 1.29 is 4.74 Å². The lowest BCUT2D eigenvalue weighted by Gasteiger charge is -2.44. The van der Waals surface area contributed by atoms with Crippen molar-refractivity contribution in [3.63, 3.8) is 0 Å². The maximum atomic E-state index is 9.63. The van der Waals surface area contributed by atoms with Crippen LogP contribution >= 0.6 is 0 Å². The fourth-order valence-corrected chi connectivity index (χ4v) is 3.46. The predicted molar refractivity (Wildman–Crippen MR) is 66.7 cm³/mol. The Kier molecular flexibility index (Phi) is 4.07. The van der Waals surface area contributed by atoms with Crippen LogP contribution in [0, 0.1) is 16.7 Å². The van der Waals surface area contributed by atoms with Gasteiger partial charge in [-0.3, -0.25) is 5.32 Å². The van der Waals surface area contributed by atoms with Crippen LogP contribution in [0.4, 0.5) is 0 Å². The van der Waals surface area contributed by atoms with Crippen molar-refractivity contribution in [2.45, 2.75) is 37.6 Å². The zero-order valence-electron chi connectivity index (χ0n) is 10.6. The smallest absolute Gasteiger partial charge is 0.112 e. The highest BCUT2D eigenvalue weighted by molar-refractivity contribution is 5.21. The minimum atomic E-state index is -0.457. The first-order valence-electron chi connectivity index (χ1n) is 6.53. The topological polar surface area (TPSA) is 93.8 Å². The highest BCUT2D eigenvalue weighted by atomic mass is 16.5. The molecule has 0 aromatic rings. The molecular formula is C12H19N5O. The van der Waals surface area contributed by atoms with E-state index in [2.05, 4.69) is 21.4 Å². The van der Waals surface area contributed by atoms with Crippen molar-refractivity contribution >= 4 is 0 Å². The fourth-order valence-electron chi connectivity index (χ4n) is 3.46. The normalized spacial score (nSPS) is 29.7. The van der Waals surface area contributed by atoms with Crippen LogP contribution in [0.2, 0.25) is 0 Å². The summed E-state index contributed by atoms with van der Waals surface area (Å²) in [6.45, 7) is 2.47. The monoisotopic (exact) mass is 249 g/mol. The molecule has 0 amide bonds. The molecule has 1 saturated heterocycles. The number of azide groups is 1. The number of nitrogens with one attached hydrogen (secondary N) is 1. The summed E-state index contributed by atoms with van der Waals surface area (Å²) in [5.41, 5.74) is 7.87. The van der Waals surface area contributed by atoms with E-state index in [1.54, 1.807) is 0 Å². The van der Waals surface area contributed by atoms with Gasteiger partial charge in [0.1, 0.15) is 5.54 Å². The Bertz CT molecular complexity index is 378. The molecule has 6 heteroatoms. The molecule has 18 heavy (non-hydrogen) atoms. The van der Waals surface area contributed by atoms with E-state index in [9.17, 15) is 5.26 Å². The van der Waals surface area contributed by atoms with Gasteiger partial charge in [-0.1, -0.05) is 5.11 Å². The van der Waals surface area contributed by atoms with E-state index in [0.29, 0.717) is 13.1 Å². The molecule has 1 saturated carbocycles. The molecule has 98 valence electrons. The first-order valence-corrected chi connectivity index (χ1v) is 6.53. The quantitative estimate of drug-likeness (QED) is 0.358. The van der Waals surface area contributed by atoms with Crippen molar-refractivity contribution in [3.05, 3.63) is 10.4 Å². The molecule has 1 aliphatic heterocycles. The van der Waals surface area contributed by atoms with E-state index in [-0.39, 0.29) is 5.41 Å². The Hall–Kier alpha value is -1.28. The van der Waals surface area contributed by atoms with E-state index in [0.717, 1.165) is 45.3 Å². The minimum Gasteiger partial charge on any atom is -0.381 e. The standard InChI is InChI=1S/C12H19N5O/c13-10-12(15-6-7-16-17-14)3-1-2-11(12)4-8-18-9-5-11/h15H,1-9H2. The Morgan fingerprint density at radius 3 is 2.78 bits per heavy atom. The minimum absolute atomic E-state index is 0.0519. The van der Waals surface area contributed by atoms with Crippen LogP contribution in [-0.2, 0) is 4.74 Å². The highest BCUT2D eigenvalue weighted by Gasteiger charge is 2.55. The molecular weight excluding hydrogens is 230 g/mol. The lowest BCUT2D eigenvalue weighted by atomic mass is 9.67. The van der Waals surface area contributed by atoms with E-state index in [4.69, 9.17) is 10.3 Å². The number of hydrogen-bond donors (Lipinski definition) is 1. The van der Waals surface area contributed by atoms with Gasteiger partial charge in [-0.05, 0) is 37.6 Å². The van der Waals surface area contributed by atoms with Gasteiger partial charge in [-0.2, -0.15) is 5.26 Å². The van der Waals surface area contributed by atoms with Crippen LogP contribution in [0.1, 0.15) is 32.1 Å². The number of hydrogen-bond acceptors (Lipinski definition) is 4. The van der Waals surface area contributed by atoms with Gasteiger partial charge in [-0.25, -0.2) is 0 Å². The second-order valence-electron chi connectivity index (χ2n) is 5.14. The van der Waals surface area contributed by atoms with E-state index < -0.39 is 5.54 Å². The van der Waals surface area contributed by atoms with Gasteiger partial charge < -0.3 is 4.74 Å². The Morgan fingerprint density at radius 1 is 1.33 bits per heavy atom. The van der Waals surface area contributed by atoms with Crippen LogP contribution in [0.3, 0.4) is 0 Å². The predicted octanol–water partition coefficient (Wildman–Crippen LogP) is 2.13. The molecule has 0 radical (unpaired) electrons. The molecule has 1 atom stereocenters. The number of ether oxygens (including phenoxy) is 1. The Balaban J connectivity index is 2.08. The first kappa shape index (κ1) is 13.2. The second kappa shape index (κ2) is 5.57. The summed E-state index contributed by atoms with van der Waals surface area (Å²) in [6.07, 6.45) is 4.98. The first-order chi connectivity index (χ1) is 8.79. The molecule has 1 spiro atoms. The van der Waals surface area contributed by atoms with Gasteiger partial charge in [-0.15, -0.1) is 0 Å².